The van der Waals surface area contributed by atoms with Crippen LogP contribution in [0.4, 0.5) is 5.82 Å². The van der Waals surface area contributed by atoms with Gasteiger partial charge < -0.3 is 10.3 Å². The summed E-state index contributed by atoms with van der Waals surface area (Å²) in [6.07, 6.45) is 0. The van der Waals surface area contributed by atoms with Crippen molar-refractivity contribution in [2.75, 3.05) is 5.73 Å². The molecule has 5 heteroatoms. The molecule has 0 bridgehead atoms. The number of fused-ring (bicyclic) bond motifs is 1. The quantitative estimate of drug-likeness (QED) is 0.699. The molecule has 2 aromatic heterocycles. The number of anilines is 1. The molecule has 0 aliphatic rings. The van der Waals surface area contributed by atoms with Crippen LogP contribution in [0.1, 0.15) is 5.69 Å². The molecule has 0 fully saturated rings. The van der Waals surface area contributed by atoms with E-state index in [1.165, 1.54) is 0 Å². The number of nitrogen functional groups attached to an aromatic ring is 1. The molecule has 2 N–H and O–H groups in total. The van der Waals surface area contributed by atoms with Gasteiger partial charge in [-0.25, -0.2) is 4.98 Å². The van der Waals surface area contributed by atoms with E-state index in [1.54, 1.807) is 0 Å². The highest BCUT2D eigenvalue weighted by Crippen LogP contribution is 2.26. The lowest BCUT2D eigenvalue weighted by Gasteiger charge is -1.93. The van der Waals surface area contributed by atoms with Gasteiger partial charge in [-0.2, -0.15) is 0 Å². The normalized spacial score (nSPS) is 10.8. The zero-order valence-electron chi connectivity index (χ0n) is 6.34. The van der Waals surface area contributed by atoms with Crippen LogP contribution in [0.25, 0.3) is 11.0 Å². The molecule has 0 saturated carbocycles. The number of nitrogens with two attached hydrogens (primary N) is 1. The minimum atomic E-state index is 0.399. The van der Waals surface area contributed by atoms with E-state index in [0.29, 0.717) is 16.0 Å². The third kappa shape index (κ3) is 0.972. The van der Waals surface area contributed by atoms with Crippen molar-refractivity contribution >= 4 is 32.7 Å². The van der Waals surface area contributed by atoms with Gasteiger partial charge >= 0.3 is 0 Å². The van der Waals surface area contributed by atoms with Crippen LogP contribution < -0.4 is 5.73 Å². The zero-order valence-corrected chi connectivity index (χ0v) is 7.92. The Kier molecular flexibility index (Phi) is 1.54. The Balaban J connectivity index is 2.92. The third-order valence-corrected chi connectivity index (χ3v) is 2.11. The van der Waals surface area contributed by atoms with Crippen molar-refractivity contribution in [3.63, 3.8) is 0 Å². The lowest BCUT2D eigenvalue weighted by atomic mass is 10.3. The molecule has 0 radical (unpaired) electrons. The Morgan fingerprint density at radius 2 is 2.33 bits per heavy atom. The zero-order chi connectivity index (χ0) is 8.72. The van der Waals surface area contributed by atoms with Gasteiger partial charge in [0.15, 0.2) is 10.4 Å². The number of nitrogens with zero attached hydrogens (tertiary/aromatic N) is 2. The van der Waals surface area contributed by atoms with Crippen LogP contribution in [0, 0.1) is 6.92 Å². The second-order valence-electron chi connectivity index (χ2n) is 2.50. The molecule has 0 saturated heterocycles. The van der Waals surface area contributed by atoms with Crippen molar-refractivity contribution in [2.45, 2.75) is 6.92 Å². The topological polar surface area (TPSA) is 64.9 Å². The molecule has 0 aliphatic carbocycles. The monoisotopic (exact) mass is 227 g/mol. The van der Waals surface area contributed by atoms with E-state index in [9.17, 15) is 0 Å². The SMILES string of the molecule is Cc1cc2c(N)noc2c(Br)n1. The van der Waals surface area contributed by atoms with Crippen molar-refractivity contribution < 1.29 is 4.52 Å². The average molecular weight is 228 g/mol. The van der Waals surface area contributed by atoms with Crippen molar-refractivity contribution in [1.29, 1.82) is 0 Å². The molecule has 2 rings (SSSR count). The van der Waals surface area contributed by atoms with Gasteiger partial charge in [0.25, 0.3) is 0 Å². The van der Waals surface area contributed by atoms with E-state index in [1.807, 2.05) is 13.0 Å². The van der Waals surface area contributed by atoms with Crippen LogP contribution in [0.3, 0.4) is 0 Å². The van der Waals surface area contributed by atoms with Gasteiger partial charge in [-0.1, -0.05) is 5.16 Å². The summed E-state index contributed by atoms with van der Waals surface area (Å²) in [7, 11) is 0. The van der Waals surface area contributed by atoms with Crippen molar-refractivity contribution in [3.05, 3.63) is 16.4 Å². The first kappa shape index (κ1) is 7.54. The Morgan fingerprint density at radius 3 is 3.08 bits per heavy atom. The molecule has 0 aliphatic heterocycles. The van der Waals surface area contributed by atoms with E-state index < -0.39 is 0 Å². The molecule has 2 heterocycles. The Hall–Kier alpha value is -1.10. The number of halogens is 1. The summed E-state index contributed by atoms with van der Waals surface area (Å²) < 4.78 is 5.59. The van der Waals surface area contributed by atoms with Crippen LogP contribution in [0.2, 0.25) is 0 Å². The number of hydrogen-bond acceptors (Lipinski definition) is 4. The van der Waals surface area contributed by atoms with Crippen LogP contribution >= 0.6 is 15.9 Å². The van der Waals surface area contributed by atoms with E-state index in [2.05, 4.69) is 26.1 Å². The molecule has 0 spiro atoms. The number of hydrogen-bond donors (Lipinski definition) is 1. The summed E-state index contributed by atoms with van der Waals surface area (Å²) in [4.78, 5) is 4.14. The predicted octanol–water partition coefficient (Wildman–Crippen LogP) is 1.88. The van der Waals surface area contributed by atoms with Gasteiger partial charge in [0.05, 0.1) is 5.39 Å². The fourth-order valence-corrected chi connectivity index (χ4v) is 1.61. The summed E-state index contributed by atoms with van der Waals surface area (Å²) in [5.74, 6) is 0.399. The van der Waals surface area contributed by atoms with Crippen LogP contribution in [-0.4, -0.2) is 10.1 Å². The lowest BCUT2D eigenvalue weighted by Crippen LogP contribution is -1.86. The largest absolute Gasteiger partial charge is 0.380 e. The smallest absolute Gasteiger partial charge is 0.201 e. The van der Waals surface area contributed by atoms with Crippen LogP contribution in [0.5, 0.6) is 0 Å². The summed E-state index contributed by atoms with van der Waals surface area (Å²) in [6.45, 7) is 1.89. The molecular weight excluding hydrogens is 222 g/mol. The third-order valence-electron chi connectivity index (χ3n) is 1.57. The Morgan fingerprint density at radius 1 is 1.58 bits per heavy atom. The first-order chi connectivity index (χ1) is 5.68. The number of rotatable bonds is 0. The summed E-state index contributed by atoms with van der Waals surface area (Å²) in [5, 5.41) is 4.43. The van der Waals surface area contributed by atoms with E-state index in [0.717, 1.165) is 11.1 Å². The van der Waals surface area contributed by atoms with Crippen molar-refractivity contribution in [2.24, 2.45) is 0 Å². The minimum absolute atomic E-state index is 0.399. The van der Waals surface area contributed by atoms with Gasteiger partial charge in [-0.05, 0) is 28.9 Å². The molecule has 0 atom stereocenters. The van der Waals surface area contributed by atoms with Gasteiger partial charge in [0.1, 0.15) is 0 Å². The first-order valence-corrected chi connectivity index (χ1v) is 4.16. The maximum atomic E-state index is 5.56. The number of aryl methyl sites for hydroxylation is 1. The maximum Gasteiger partial charge on any atom is 0.201 e. The minimum Gasteiger partial charge on any atom is -0.380 e. The molecule has 0 amide bonds. The van der Waals surface area contributed by atoms with Gasteiger partial charge in [0.2, 0.25) is 5.58 Å². The molecule has 12 heavy (non-hydrogen) atoms. The maximum absolute atomic E-state index is 5.56. The van der Waals surface area contributed by atoms with Crippen LogP contribution in [0.15, 0.2) is 15.2 Å². The van der Waals surface area contributed by atoms with Gasteiger partial charge in [0, 0.05) is 5.69 Å². The molecular formula is C7H6BrN3O. The second kappa shape index (κ2) is 2.45. The van der Waals surface area contributed by atoms with E-state index >= 15 is 0 Å². The fourth-order valence-electron chi connectivity index (χ4n) is 1.04. The summed E-state index contributed by atoms with van der Waals surface area (Å²) in [6, 6.07) is 1.84. The highest BCUT2D eigenvalue weighted by Gasteiger charge is 2.09. The second-order valence-corrected chi connectivity index (χ2v) is 3.25. The average Bonchev–Trinajstić information content (AvgIpc) is 2.33. The fraction of sp³-hybridized carbons (Fsp3) is 0.143. The summed E-state index contributed by atoms with van der Waals surface area (Å²) in [5.41, 5.74) is 7.03. The number of pyridine rings is 1. The predicted molar refractivity (Wildman–Crippen MR) is 48.7 cm³/mol. The van der Waals surface area contributed by atoms with Crippen LogP contribution in [-0.2, 0) is 0 Å². The van der Waals surface area contributed by atoms with E-state index in [-0.39, 0.29) is 0 Å². The molecule has 0 unspecified atom stereocenters. The molecule has 2 aromatic rings. The van der Waals surface area contributed by atoms with E-state index in [4.69, 9.17) is 10.3 Å². The van der Waals surface area contributed by atoms with Gasteiger partial charge in [-0.3, -0.25) is 0 Å². The highest BCUT2D eigenvalue weighted by atomic mass is 79.9. The Labute approximate surface area is 76.9 Å². The molecule has 4 nitrogen and oxygen atoms in total. The Bertz CT molecular complexity index is 437. The standard InChI is InChI=1S/C7H6BrN3O/c1-3-2-4-5(6(8)10-3)12-11-7(4)9/h2H,1H3,(H2,9,11). The molecule has 62 valence electrons. The van der Waals surface area contributed by atoms with Gasteiger partial charge in [-0.15, -0.1) is 0 Å². The van der Waals surface area contributed by atoms with Crippen molar-refractivity contribution in [3.8, 4) is 0 Å². The highest BCUT2D eigenvalue weighted by molar-refractivity contribution is 9.10. The van der Waals surface area contributed by atoms with Crippen molar-refractivity contribution in [1.82, 2.24) is 10.1 Å². The molecule has 0 aromatic carbocycles. The summed E-state index contributed by atoms with van der Waals surface area (Å²) >= 11 is 3.26. The lowest BCUT2D eigenvalue weighted by molar-refractivity contribution is 0.458. The first-order valence-electron chi connectivity index (χ1n) is 3.36. The number of aromatic nitrogens is 2.